The van der Waals surface area contributed by atoms with Gasteiger partial charge in [-0.3, -0.25) is 0 Å². The Bertz CT molecular complexity index is 828. The van der Waals surface area contributed by atoms with Crippen LogP contribution in [0, 0.1) is 0 Å². The number of carbonyl (C=O) groups excluding carboxylic acids is 1. The van der Waals surface area contributed by atoms with E-state index in [1.54, 1.807) is 11.8 Å². The van der Waals surface area contributed by atoms with Gasteiger partial charge in [0.05, 0.1) is 26.4 Å². The second kappa shape index (κ2) is 6.84. The third-order valence-corrected chi connectivity index (χ3v) is 4.00. The average molecular weight is 344 g/mol. The molecule has 0 amide bonds. The van der Waals surface area contributed by atoms with Crippen LogP contribution in [0.2, 0.25) is 0 Å². The van der Waals surface area contributed by atoms with Gasteiger partial charge in [0.2, 0.25) is 5.95 Å². The van der Waals surface area contributed by atoms with Crippen LogP contribution >= 0.6 is 0 Å². The lowest BCUT2D eigenvalue weighted by molar-refractivity contribution is -0.136. The molecule has 0 fully saturated rings. The van der Waals surface area contributed by atoms with Gasteiger partial charge in [-0.1, -0.05) is 6.07 Å². The summed E-state index contributed by atoms with van der Waals surface area (Å²) < 4.78 is 17.6. The molecular formula is C17H20N4O4. The van der Waals surface area contributed by atoms with Crippen molar-refractivity contribution in [2.75, 3.05) is 26.1 Å². The normalized spacial score (nSPS) is 16.1. The number of carbonyl (C=O) groups is 1. The van der Waals surface area contributed by atoms with Crippen LogP contribution in [0.25, 0.3) is 0 Å². The van der Waals surface area contributed by atoms with Crippen molar-refractivity contribution in [3.05, 3.63) is 41.4 Å². The summed E-state index contributed by atoms with van der Waals surface area (Å²) >= 11 is 0. The van der Waals surface area contributed by atoms with E-state index >= 15 is 0 Å². The van der Waals surface area contributed by atoms with E-state index in [1.807, 2.05) is 32.0 Å². The Morgan fingerprint density at radius 3 is 2.80 bits per heavy atom. The summed E-state index contributed by atoms with van der Waals surface area (Å²) in [6, 6.07) is 5.05. The van der Waals surface area contributed by atoms with Crippen molar-refractivity contribution in [2.45, 2.75) is 19.9 Å². The Hall–Kier alpha value is -3.03. The number of anilines is 1. The van der Waals surface area contributed by atoms with E-state index in [4.69, 9.17) is 14.2 Å². The van der Waals surface area contributed by atoms with Crippen molar-refractivity contribution in [1.29, 1.82) is 0 Å². The number of nitrogens with zero attached hydrogens (tertiary/aromatic N) is 3. The van der Waals surface area contributed by atoms with Crippen molar-refractivity contribution in [3.8, 4) is 11.5 Å². The molecule has 25 heavy (non-hydrogen) atoms. The lowest BCUT2D eigenvalue weighted by Crippen LogP contribution is -2.29. The van der Waals surface area contributed by atoms with Crippen LogP contribution in [-0.2, 0) is 9.53 Å². The summed E-state index contributed by atoms with van der Waals surface area (Å²) in [5.41, 5.74) is 1.96. The molecule has 3 rings (SSSR count). The zero-order valence-electron chi connectivity index (χ0n) is 14.6. The van der Waals surface area contributed by atoms with Crippen molar-refractivity contribution in [3.63, 3.8) is 0 Å². The lowest BCUT2D eigenvalue weighted by Gasteiger charge is -2.28. The van der Waals surface area contributed by atoms with E-state index in [0.717, 1.165) is 5.56 Å². The lowest BCUT2D eigenvalue weighted by atomic mass is 9.95. The quantitative estimate of drug-likeness (QED) is 0.832. The topological polar surface area (TPSA) is 87.5 Å². The zero-order valence-corrected chi connectivity index (χ0v) is 14.6. The van der Waals surface area contributed by atoms with Crippen LogP contribution in [0.1, 0.15) is 25.5 Å². The van der Waals surface area contributed by atoms with Gasteiger partial charge in [0, 0.05) is 5.70 Å². The third-order valence-electron chi connectivity index (χ3n) is 4.00. The van der Waals surface area contributed by atoms with Crippen molar-refractivity contribution in [1.82, 2.24) is 14.8 Å². The van der Waals surface area contributed by atoms with Gasteiger partial charge in [0.15, 0.2) is 11.5 Å². The highest BCUT2D eigenvalue weighted by Crippen LogP contribution is 2.38. The number of hydrogen-bond donors (Lipinski definition) is 1. The maximum absolute atomic E-state index is 12.4. The molecule has 2 heterocycles. The number of allylic oxidation sites excluding steroid dienone is 1. The average Bonchev–Trinajstić information content (AvgIpc) is 3.08. The first kappa shape index (κ1) is 16.8. The molecular weight excluding hydrogens is 324 g/mol. The van der Waals surface area contributed by atoms with E-state index in [0.29, 0.717) is 35.3 Å². The minimum absolute atomic E-state index is 0.426. The Kier molecular flexibility index (Phi) is 4.60. The molecule has 1 aromatic heterocycles. The van der Waals surface area contributed by atoms with Crippen LogP contribution in [0.3, 0.4) is 0 Å². The Labute approximate surface area is 145 Å². The van der Waals surface area contributed by atoms with Crippen molar-refractivity contribution >= 4 is 11.9 Å². The van der Waals surface area contributed by atoms with E-state index < -0.39 is 12.0 Å². The maximum Gasteiger partial charge on any atom is 0.338 e. The summed E-state index contributed by atoms with van der Waals surface area (Å²) in [6.07, 6.45) is 1.44. The van der Waals surface area contributed by atoms with E-state index in [1.165, 1.54) is 13.4 Å². The zero-order chi connectivity index (χ0) is 18.0. The fourth-order valence-electron chi connectivity index (χ4n) is 2.91. The molecule has 1 atom stereocenters. The van der Waals surface area contributed by atoms with Crippen LogP contribution in [-0.4, -0.2) is 41.6 Å². The van der Waals surface area contributed by atoms with E-state index in [9.17, 15) is 4.79 Å². The minimum atomic E-state index is -0.476. The highest BCUT2D eigenvalue weighted by Gasteiger charge is 2.34. The van der Waals surface area contributed by atoms with Crippen LogP contribution in [0.4, 0.5) is 5.95 Å². The smallest absolute Gasteiger partial charge is 0.338 e. The van der Waals surface area contributed by atoms with Gasteiger partial charge < -0.3 is 19.5 Å². The van der Waals surface area contributed by atoms with Crippen LogP contribution in [0.15, 0.2) is 35.8 Å². The number of esters is 1. The largest absolute Gasteiger partial charge is 0.493 e. The van der Waals surface area contributed by atoms with Gasteiger partial charge in [-0.05, 0) is 31.5 Å². The number of aromatic nitrogens is 3. The molecule has 132 valence electrons. The number of fused-ring (bicyclic) bond motifs is 1. The van der Waals surface area contributed by atoms with E-state index in [-0.39, 0.29) is 0 Å². The number of rotatable bonds is 5. The molecule has 1 aliphatic heterocycles. The van der Waals surface area contributed by atoms with Gasteiger partial charge in [0.25, 0.3) is 0 Å². The molecule has 2 aromatic rings. The highest BCUT2D eigenvalue weighted by molar-refractivity contribution is 5.92. The molecule has 1 N–H and O–H groups in total. The first-order valence-electron chi connectivity index (χ1n) is 7.87. The Morgan fingerprint density at radius 2 is 2.12 bits per heavy atom. The van der Waals surface area contributed by atoms with Crippen molar-refractivity contribution in [2.24, 2.45) is 0 Å². The summed E-state index contributed by atoms with van der Waals surface area (Å²) in [7, 11) is 2.94. The number of hydrogen-bond acceptors (Lipinski definition) is 7. The molecule has 1 unspecified atom stereocenters. The molecule has 0 bridgehead atoms. The Morgan fingerprint density at radius 1 is 1.32 bits per heavy atom. The van der Waals surface area contributed by atoms with Gasteiger partial charge in [-0.2, -0.15) is 10.1 Å². The highest BCUT2D eigenvalue weighted by atomic mass is 16.5. The van der Waals surface area contributed by atoms with Crippen LogP contribution in [0.5, 0.6) is 11.5 Å². The maximum atomic E-state index is 12.4. The fraction of sp³-hybridized carbons (Fsp3) is 0.353. The molecule has 0 aliphatic carbocycles. The first-order valence-corrected chi connectivity index (χ1v) is 7.87. The summed E-state index contributed by atoms with van der Waals surface area (Å²) in [5.74, 6) is 1.36. The molecule has 1 aromatic carbocycles. The Balaban J connectivity index is 2.16. The molecule has 0 saturated carbocycles. The number of nitrogens with one attached hydrogen (secondary N) is 1. The first-order chi connectivity index (χ1) is 12.1. The molecule has 8 heteroatoms. The van der Waals surface area contributed by atoms with Gasteiger partial charge in [0.1, 0.15) is 12.4 Å². The summed E-state index contributed by atoms with van der Waals surface area (Å²) in [5, 5.41) is 7.34. The predicted molar refractivity (Wildman–Crippen MR) is 90.7 cm³/mol. The number of ether oxygens (including phenoxy) is 3. The van der Waals surface area contributed by atoms with Crippen molar-refractivity contribution < 1.29 is 19.0 Å². The third kappa shape index (κ3) is 2.90. The standard InChI is InChI=1S/C17H20N4O4/c1-5-25-13-8-11(6-7-12(13)23-3)15-14(16(22)24-4)10(2)20-17-18-9-19-21(15)17/h6-9,15H,5H2,1-4H3,(H,18,19,20). The second-order valence-corrected chi connectivity index (χ2v) is 5.43. The molecule has 0 radical (unpaired) electrons. The van der Waals surface area contributed by atoms with E-state index in [2.05, 4.69) is 15.4 Å². The SMILES string of the molecule is CCOc1cc(C2C(C(=O)OC)=C(C)Nc3ncnn32)ccc1OC. The fourth-order valence-corrected chi connectivity index (χ4v) is 2.91. The monoisotopic (exact) mass is 344 g/mol. The van der Waals surface area contributed by atoms with Gasteiger partial charge in [-0.25, -0.2) is 9.48 Å². The number of benzene rings is 1. The molecule has 0 saturated heterocycles. The summed E-state index contributed by atoms with van der Waals surface area (Å²) in [4.78, 5) is 16.6. The molecule has 0 spiro atoms. The second-order valence-electron chi connectivity index (χ2n) is 5.43. The summed E-state index contributed by atoms with van der Waals surface area (Å²) in [6.45, 7) is 4.21. The molecule has 8 nitrogen and oxygen atoms in total. The predicted octanol–water partition coefficient (Wildman–Crippen LogP) is 2.15. The number of methoxy groups -OCH3 is 2. The van der Waals surface area contributed by atoms with Gasteiger partial charge >= 0.3 is 5.97 Å². The van der Waals surface area contributed by atoms with Crippen LogP contribution < -0.4 is 14.8 Å². The molecule has 1 aliphatic rings. The minimum Gasteiger partial charge on any atom is -0.493 e. The van der Waals surface area contributed by atoms with Gasteiger partial charge in [-0.15, -0.1) is 0 Å².